The molecule has 0 radical (unpaired) electrons. The summed E-state index contributed by atoms with van der Waals surface area (Å²) in [5.41, 5.74) is 1.73. The average molecular weight is 627 g/mol. The molecule has 1 N–H and O–H groups in total. The van der Waals surface area contributed by atoms with Gasteiger partial charge in [-0.05, 0) is 66.2 Å². The number of nitrogens with one attached hydrogen (secondary N) is 1. The molecule has 1 fully saturated rings. The smallest absolute Gasteiger partial charge is 0.308 e. The van der Waals surface area contributed by atoms with E-state index in [2.05, 4.69) is 5.32 Å². The molecule has 0 saturated carbocycles. The molecule has 4 aromatic rings. The van der Waals surface area contributed by atoms with E-state index in [4.69, 9.17) is 27.9 Å². The molecule has 3 heterocycles. The molecule has 2 aliphatic rings. The van der Waals surface area contributed by atoms with Crippen molar-refractivity contribution in [2.45, 2.75) is 22.7 Å². The fraction of sp³-hybridized carbons (Fsp3) is 0.172. The van der Waals surface area contributed by atoms with Gasteiger partial charge in [-0.3, -0.25) is 23.7 Å². The summed E-state index contributed by atoms with van der Waals surface area (Å²) in [5.74, 6) is -1.83. The summed E-state index contributed by atoms with van der Waals surface area (Å²) in [6.07, 6.45) is 0. The van der Waals surface area contributed by atoms with Gasteiger partial charge < -0.3 is 10.1 Å². The summed E-state index contributed by atoms with van der Waals surface area (Å²) in [6.45, 7) is -0.254. The summed E-state index contributed by atoms with van der Waals surface area (Å²) >= 11 is 14.1. The van der Waals surface area contributed by atoms with Crippen LogP contribution in [0.25, 0.3) is 0 Å². The number of carbonyl (C=O) groups is 3. The molecule has 3 amide bonds. The van der Waals surface area contributed by atoms with Crippen molar-refractivity contribution in [2.24, 2.45) is 5.92 Å². The zero-order valence-corrected chi connectivity index (χ0v) is 24.5. The first kappa shape index (κ1) is 27.6. The molecule has 6 rings (SSSR count). The summed E-state index contributed by atoms with van der Waals surface area (Å²) in [6, 6.07) is 20.4. The van der Waals surface area contributed by atoms with Crippen molar-refractivity contribution in [3.8, 4) is 5.75 Å². The van der Waals surface area contributed by atoms with Gasteiger partial charge in [0.1, 0.15) is 17.5 Å². The first-order valence-electron chi connectivity index (χ1n) is 12.5. The van der Waals surface area contributed by atoms with Gasteiger partial charge in [0.05, 0.1) is 23.7 Å². The van der Waals surface area contributed by atoms with Gasteiger partial charge in [0.15, 0.2) is 0 Å². The molecule has 0 aliphatic carbocycles. The quantitative estimate of drug-likeness (QED) is 0.278. The van der Waals surface area contributed by atoms with E-state index < -0.39 is 23.0 Å². The third-order valence-corrected chi connectivity index (χ3v) is 10.1. The van der Waals surface area contributed by atoms with Crippen LogP contribution in [0.15, 0.2) is 82.6 Å². The fourth-order valence-corrected chi connectivity index (χ4v) is 8.17. The molecule has 3 aromatic carbocycles. The average Bonchev–Trinajstić information content (AvgIpc) is 3.41. The van der Waals surface area contributed by atoms with Gasteiger partial charge in [-0.25, -0.2) is 4.90 Å². The van der Waals surface area contributed by atoms with Crippen LogP contribution in [-0.2, 0) is 20.9 Å². The highest BCUT2D eigenvalue weighted by Gasteiger charge is 2.56. The van der Waals surface area contributed by atoms with Gasteiger partial charge in [-0.15, -0.1) is 0 Å². The van der Waals surface area contributed by atoms with Crippen LogP contribution >= 0.6 is 46.3 Å². The molecule has 0 spiro atoms. The second-order valence-electron chi connectivity index (χ2n) is 9.48. The largest absolute Gasteiger partial charge is 0.497 e. The van der Waals surface area contributed by atoms with Crippen LogP contribution in [0.1, 0.15) is 16.4 Å². The lowest BCUT2D eigenvalue weighted by Crippen LogP contribution is -2.33. The highest BCUT2D eigenvalue weighted by atomic mass is 35.5. The maximum absolute atomic E-state index is 13.9. The number of ether oxygens (including phenoxy) is 1. The van der Waals surface area contributed by atoms with Crippen molar-refractivity contribution in [1.82, 2.24) is 4.57 Å². The minimum absolute atomic E-state index is 0.254. The second-order valence-corrected chi connectivity index (χ2v) is 12.5. The first-order chi connectivity index (χ1) is 19.7. The molecule has 1 aromatic heterocycles. The second kappa shape index (κ2) is 11.0. The number of hydrogen-bond donors (Lipinski definition) is 1. The van der Waals surface area contributed by atoms with Gasteiger partial charge in [-0.2, -0.15) is 0 Å². The summed E-state index contributed by atoms with van der Waals surface area (Å²) in [7, 11) is 1.56. The number of halogens is 2. The van der Waals surface area contributed by atoms with Gasteiger partial charge >= 0.3 is 4.87 Å². The standard InChI is InChI=1S/C29H21Cl2N3O5S2/c1-39-20-12-2-15(3-13-20)22-23-24(27(37)34(26(23)36)19-10-6-17(31)7-11-19)40-28-25(22)41-29(38)33(28)14-21(35)32-18-8-4-16(30)5-9-18/h2-13,22-24H,14H2,1H3,(H,32,35). The number of thiazole rings is 1. The Labute approximate surface area is 252 Å². The number of anilines is 2. The molecule has 0 bridgehead atoms. The van der Waals surface area contributed by atoms with Gasteiger partial charge in [-0.1, -0.05) is 58.4 Å². The van der Waals surface area contributed by atoms with Gasteiger partial charge in [0, 0.05) is 26.5 Å². The van der Waals surface area contributed by atoms with Crippen molar-refractivity contribution < 1.29 is 19.1 Å². The Morgan fingerprint density at radius 3 is 2.17 bits per heavy atom. The normalized spacial score (nSPS) is 19.6. The lowest BCUT2D eigenvalue weighted by molar-refractivity contribution is -0.122. The zero-order valence-electron chi connectivity index (χ0n) is 21.4. The lowest BCUT2D eigenvalue weighted by atomic mass is 9.83. The minimum atomic E-state index is -0.794. The lowest BCUT2D eigenvalue weighted by Gasteiger charge is -2.30. The predicted molar refractivity (Wildman–Crippen MR) is 161 cm³/mol. The highest BCUT2D eigenvalue weighted by Crippen LogP contribution is 2.54. The topological polar surface area (TPSA) is 97.7 Å². The number of hydrogen-bond acceptors (Lipinski definition) is 7. The minimum Gasteiger partial charge on any atom is -0.497 e. The highest BCUT2D eigenvalue weighted by molar-refractivity contribution is 8.00. The fourth-order valence-electron chi connectivity index (χ4n) is 5.15. The van der Waals surface area contributed by atoms with E-state index in [1.54, 1.807) is 67.8 Å². The number of fused-ring (bicyclic) bond motifs is 2. The number of nitrogens with zero attached hydrogens (tertiary/aromatic N) is 2. The van der Waals surface area contributed by atoms with E-state index in [1.807, 2.05) is 12.1 Å². The number of methoxy groups -OCH3 is 1. The number of amides is 3. The third-order valence-electron chi connectivity index (χ3n) is 7.04. The van der Waals surface area contributed by atoms with Crippen LogP contribution in [0.4, 0.5) is 11.4 Å². The van der Waals surface area contributed by atoms with E-state index >= 15 is 0 Å². The summed E-state index contributed by atoms with van der Waals surface area (Å²) < 4.78 is 6.69. The van der Waals surface area contributed by atoms with Crippen molar-refractivity contribution >= 4 is 75.4 Å². The van der Waals surface area contributed by atoms with Gasteiger partial charge in [0.2, 0.25) is 17.7 Å². The summed E-state index contributed by atoms with van der Waals surface area (Å²) in [5, 5.41) is 3.51. The molecular weight excluding hydrogens is 605 g/mol. The number of rotatable bonds is 6. The maximum atomic E-state index is 13.9. The molecule has 8 nitrogen and oxygen atoms in total. The van der Waals surface area contributed by atoms with Crippen molar-refractivity contribution in [2.75, 3.05) is 17.3 Å². The van der Waals surface area contributed by atoms with Crippen LogP contribution in [0.3, 0.4) is 0 Å². The maximum Gasteiger partial charge on any atom is 0.308 e. The van der Waals surface area contributed by atoms with Crippen molar-refractivity contribution in [3.63, 3.8) is 0 Å². The molecule has 3 unspecified atom stereocenters. The van der Waals surface area contributed by atoms with Crippen molar-refractivity contribution in [3.05, 3.63) is 103 Å². The SMILES string of the molecule is COc1ccc(C2c3sc(=O)n(CC(=O)Nc4ccc(Cl)cc4)c3SC3C(=O)N(c4ccc(Cl)cc4)C(=O)C32)cc1. The van der Waals surface area contributed by atoms with E-state index in [-0.39, 0.29) is 23.2 Å². The van der Waals surface area contributed by atoms with Crippen molar-refractivity contribution in [1.29, 1.82) is 0 Å². The molecule has 3 atom stereocenters. The van der Waals surface area contributed by atoms with Crippen LogP contribution in [0, 0.1) is 5.92 Å². The van der Waals surface area contributed by atoms with E-state index in [9.17, 15) is 19.2 Å². The molecule has 12 heteroatoms. The van der Waals surface area contributed by atoms with Crippen LogP contribution in [0.2, 0.25) is 10.0 Å². The van der Waals surface area contributed by atoms with E-state index in [0.29, 0.717) is 37.1 Å². The Morgan fingerprint density at radius 2 is 1.54 bits per heavy atom. The van der Waals surface area contributed by atoms with Crippen LogP contribution in [0.5, 0.6) is 5.75 Å². The predicted octanol–water partition coefficient (Wildman–Crippen LogP) is 5.66. The van der Waals surface area contributed by atoms with E-state index in [0.717, 1.165) is 28.7 Å². The zero-order chi connectivity index (χ0) is 28.8. The Hall–Kier alpha value is -3.57. The summed E-state index contributed by atoms with van der Waals surface area (Å²) in [4.78, 5) is 55.5. The monoisotopic (exact) mass is 625 g/mol. The Bertz CT molecular complexity index is 1720. The van der Waals surface area contributed by atoms with E-state index in [1.165, 1.54) is 9.47 Å². The Balaban J connectivity index is 1.40. The third kappa shape index (κ3) is 5.05. The Kier molecular flexibility index (Phi) is 7.41. The van der Waals surface area contributed by atoms with Gasteiger partial charge in [0.25, 0.3) is 0 Å². The number of imide groups is 1. The Morgan fingerprint density at radius 1 is 0.902 bits per heavy atom. The number of benzene rings is 3. The molecule has 41 heavy (non-hydrogen) atoms. The van der Waals surface area contributed by atoms with Crippen LogP contribution < -0.4 is 19.8 Å². The first-order valence-corrected chi connectivity index (χ1v) is 14.9. The molecule has 2 aliphatic heterocycles. The molecule has 208 valence electrons. The number of thioether (sulfide) groups is 1. The molecular formula is C29H21Cl2N3O5S2. The molecule has 1 saturated heterocycles. The van der Waals surface area contributed by atoms with Crippen LogP contribution in [-0.4, -0.2) is 34.6 Å². The number of carbonyl (C=O) groups excluding carboxylic acids is 3. The number of aromatic nitrogens is 1.